The van der Waals surface area contributed by atoms with Crippen LogP contribution in [0.25, 0.3) is 10.9 Å². The van der Waals surface area contributed by atoms with Crippen molar-refractivity contribution < 1.29 is 4.79 Å². The first-order valence-electron chi connectivity index (χ1n) is 6.88. The first-order chi connectivity index (χ1) is 10.1. The molecule has 1 amide bonds. The van der Waals surface area contributed by atoms with Crippen molar-refractivity contribution in [1.82, 2.24) is 4.98 Å². The summed E-state index contributed by atoms with van der Waals surface area (Å²) in [6.45, 7) is 3.96. The molecule has 0 bridgehead atoms. The predicted molar refractivity (Wildman–Crippen MR) is 85.6 cm³/mol. The van der Waals surface area contributed by atoms with E-state index in [-0.39, 0.29) is 5.91 Å². The van der Waals surface area contributed by atoms with Crippen LogP contribution in [0.1, 0.15) is 21.6 Å². The third kappa shape index (κ3) is 2.77. The van der Waals surface area contributed by atoms with Crippen molar-refractivity contribution in [3.05, 3.63) is 71.4 Å². The topological polar surface area (TPSA) is 42.0 Å². The summed E-state index contributed by atoms with van der Waals surface area (Å²) in [5.41, 5.74) is 4.37. The van der Waals surface area contributed by atoms with Crippen molar-refractivity contribution in [3.8, 4) is 0 Å². The fourth-order valence-corrected chi connectivity index (χ4v) is 2.36. The molecule has 0 spiro atoms. The summed E-state index contributed by atoms with van der Waals surface area (Å²) in [7, 11) is 0. The molecule has 0 aliphatic carbocycles. The SMILES string of the molecule is Cc1ccc2nc(C)cc(NC(=O)c3ccccc3)c2c1. The number of anilines is 1. The molecule has 1 aromatic heterocycles. The average molecular weight is 276 g/mol. The number of benzene rings is 2. The van der Waals surface area contributed by atoms with Gasteiger partial charge in [-0.2, -0.15) is 0 Å². The number of nitrogens with one attached hydrogen (secondary N) is 1. The molecular weight excluding hydrogens is 260 g/mol. The van der Waals surface area contributed by atoms with E-state index in [2.05, 4.69) is 10.3 Å². The number of pyridine rings is 1. The molecule has 3 aromatic rings. The molecule has 0 aliphatic rings. The largest absolute Gasteiger partial charge is 0.321 e. The predicted octanol–water partition coefficient (Wildman–Crippen LogP) is 4.10. The van der Waals surface area contributed by atoms with E-state index < -0.39 is 0 Å². The minimum Gasteiger partial charge on any atom is -0.321 e. The molecule has 2 aromatic carbocycles. The van der Waals surface area contributed by atoms with E-state index in [1.54, 1.807) is 12.1 Å². The van der Waals surface area contributed by atoms with E-state index >= 15 is 0 Å². The average Bonchev–Trinajstić information content (AvgIpc) is 2.49. The van der Waals surface area contributed by atoms with E-state index in [0.717, 1.165) is 27.8 Å². The van der Waals surface area contributed by atoms with Crippen LogP contribution in [0.3, 0.4) is 0 Å². The summed E-state index contributed by atoms with van der Waals surface area (Å²) in [6.07, 6.45) is 0. The Balaban J connectivity index is 2.04. The first kappa shape index (κ1) is 13.3. The fraction of sp³-hybridized carbons (Fsp3) is 0.111. The highest BCUT2D eigenvalue weighted by atomic mass is 16.1. The van der Waals surface area contributed by atoms with Gasteiger partial charge in [-0.15, -0.1) is 0 Å². The zero-order chi connectivity index (χ0) is 14.8. The molecule has 21 heavy (non-hydrogen) atoms. The van der Waals surface area contributed by atoms with Crippen LogP contribution in [0.4, 0.5) is 5.69 Å². The quantitative estimate of drug-likeness (QED) is 0.765. The Hall–Kier alpha value is -2.68. The number of aryl methyl sites for hydroxylation is 2. The Morgan fingerprint density at radius 3 is 2.52 bits per heavy atom. The van der Waals surface area contributed by atoms with E-state index in [0.29, 0.717) is 5.56 Å². The third-order valence-corrected chi connectivity index (χ3v) is 3.38. The van der Waals surface area contributed by atoms with Crippen molar-refractivity contribution in [3.63, 3.8) is 0 Å². The summed E-state index contributed by atoms with van der Waals surface area (Å²) in [5, 5.41) is 3.95. The third-order valence-electron chi connectivity index (χ3n) is 3.38. The highest BCUT2D eigenvalue weighted by Crippen LogP contribution is 2.24. The highest BCUT2D eigenvalue weighted by molar-refractivity contribution is 6.08. The molecule has 1 heterocycles. The second kappa shape index (κ2) is 5.37. The van der Waals surface area contributed by atoms with Gasteiger partial charge in [-0.05, 0) is 44.2 Å². The molecule has 3 heteroatoms. The van der Waals surface area contributed by atoms with Gasteiger partial charge in [0.05, 0.1) is 11.2 Å². The Morgan fingerprint density at radius 1 is 1.00 bits per heavy atom. The summed E-state index contributed by atoms with van der Waals surface area (Å²) >= 11 is 0. The van der Waals surface area contributed by atoms with Crippen LogP contribution in [0.15, 0.2) is 54.6 Å². The van der Waals surface area contributed by atoms with Crippen LogP contribution < -0.4 is 5.32 Å². The number of carbonyl (C=O) groups is 1. The maximum absolute atomic E-state index is 12.3. The second-order valence-electron chi connectivity index (χ2n) is 5.15. The summed E-state index contributed by atoms with van der Waals surface area (Å²) in [6, 6.07) is 17.2. The molecule has 0 unspecified atom stereocenters. The number of carbonyl (C=O) groups excluding carboxylic acids is 1. The minimum atomic E-state index is -0.107. The fourth-order valence-electron chi connectivity index (χ4n) is 2.36. The van der Waals surface area contributed by atoms with E-state index in [1.807, 2.05) is 56.3 Å². The molecule has 0 atom stereocenters. The molecule has 3 rings (SSSR count). The first-order valence-corrected chi connectivity index (χ1v) is 6.88. The lowest BCUT2D eigenvalue weighted by molar-refractivity contribution is 0.102. The molecule has 1 N–H and O–H groups in total. The van der Waals surface area contributed by atoms with E-state index in [4.69, 9.17) is 0 Å². The van der Waals surface area contributed by atoms with Gasteiger partial charge in [0.1, 0.15) is 0 Å². The van der Waals surface area contributed by atoms with Crippen LogP contribution in [-0.2, 0) is 0 Å². The van der Waals surface area contributed by atoms with Gasteiger partial charge in [-0.25, -0.2) is 0 Å². The van der Waals surface area contributed by atoms with E-state index in [1.165, 1.54) is 0 Å². The van der Waals surface area contributed by atoms with Crippen LogP contribution in [0, 0.1) is 13.8 Å². The Morgan fingerprint density at radius 2 is 1.76 bits per heavy atom. The van der Waals surface area contributed by atoms with Crippen LogP contribution >= 0.6 is 0 Å². The maximum Gasteiger partial charge on any atom is 0.255 e. The molecule has 3 nitrogen and oxygen atoms in total. The molecule has 104 valence electrons. The molecular formula is C18H16N2O. The number of aromatic nitrogens is 1. The lowest BCUT2D eigenvalue weighted by Crippen LogP contribution is -2.12. The second-order valence-corrected chi connectivity index (χ2v) is 5.15. The van der Waals surface area contributed by atoms with Crippen molar-refractivity contribution in [1.29, 1.82) is 0 Å². The highest BCUT2D eigenvalue weighted by Gasteiger charge is 2.09. The van der Waals surface area contributed by atoms with Crippen molar-refractivity contribution in [2.45, 2.75) is 13.8 Å². The maximum atomic E-state index is 12.3. The van der Waals surface area contributed by atoms with Gasteiger partial charge in [0.25, 0.3) is 5.91 Å². The summed E-state index contributed by atoms with van der Waals surface area (Å²) in [5.74, 6) is -0.107. The number of rotatable bonds is 2. The molecule has 0 saturated carbocycles. The van der Waals surface area contributed by atoms with Crippen molar-refractivity contribution in [2.24, 2.45) is 0 Å². The van der Waals surface area contributed by atoms with Crippen LogP contribution in [-0.4, -0.2) is 10.9 Å². The molecule has 0 aliphatic heterocycles. The molecule has 0 radical (unpaired) electrons. The van der Waals surface area contributed by atoms with Gasteiger partial charge in [-0.3, -0.25) is 9.78 Å². The van der Waals surface area contributed by atoms with E-state index in [9.17, 15) is 4.79 Å². The van der Waals surface area contributed by atoms with Gasteiger partial charge >= 0.3 is 0 Å². The number of hydrogen-bond acceptors (Lipinski definition) is 2. The van der Waals surface area contributed by atoms with Crippen LogP contribution in [0.2, 0.25) is 0 Å². The molecule has 0 fully saturated rings. The zero-order valence-electron chi connectivity index (χ0n) is 12.1. The van der Waals surface area contributed by atoms with Crippen LogP contribution in [0.5, 0.6) is 0 Å². The summed E-state index contributed by atoms with van der Waals surface area (Å²) in [4.78, 5) is 16.8. The molecule has 0 saturated heterocycles. The van der Waals surface area contributed by atoms with Crippen molar-refractivity contribution >= 4 is 22.5 Å². The normalized spacial score (nSPS) is 10.6. The Kier molecular flexibility index (Phi) is 3.40. The van der Waals surface area contributed by atoms with Gasteiger partial charge < -0.3 is 5.32 Å². The number of fused-ring (bicyclic) bond motifs is 1. The standard InChI is InChI=1S/C18H16N2O/c1-12-8-9-16-15(10-12)17(11-13(2)19-16)20-18(21)14-6-4-3-5-7-14/h3-11H,1-2H3,(H,19,20,21). The Bertz CT molecular complexity index is 810. The van der Waals surface area contributed by atoms with Gasteiger partial charge in [-0.1, -0.05) is 29.8 Å². The lowest BCUT2D eigenvalue weighted by Gasteiger charge is -2.10. The summed E-state index contributed by atoms with van der Waals surface area (Å²) < 4.78 is 0. The number of hydrogen-bond donors (Lipinski definition) is 1. The van der Waals surface area contributed by atoms with Crippen molar-refractivity contribution in [2.75, 3.05) is 5.32 Å². The Labute approximate surface area is 123 Å². The lowest BCUT2D eigenvalue weighted by atomic mass is 10.1. The monoisotopic (exact) mass is 276 g/mol. The van der Waals surface area contributed by atoms with Gasteiger partial charge in [0.15, 0.2) is 0 Å². The number of nitrogens with zero attached hydrogens (tertiary/aromatic N) is 1. The smallest absolute Gasteiger partial charge is 0.255 e. The van der Waals surface area contributed by atoms with Gasteiger partial charge in [0, 0.05) is 16.6 Å². The number of amides is 1. The minimum absolute atomic E-state index is 0.107. The van der Waals surface area contributed by atoms with Gasteiger partial charge in [0.2, 0.25) is 0 Å². The zero-order valence-corrected chi connectivity index (χ0v) is 12.1.